The summed E-state index contributed by atoms with van der Waals surface area (Å²) in [6, 6.07) is 6.49. The number of nitrogens with one attached hydrogen (secondary N) is 2. The van der Waals surface area contributed by atoms with E-state index < -0.39 is 5.51 Å². The van der Waals surface area contributed by atoms with Gasteiger partial charge in [-0.15, -0.1) is 0 Å². The maximum Gasteiger partial charge on any atom is 0.446 e. The highest BCUT2D eigenvalue weighted by atomic mass is 32.2. The van der Waals surface area contributed by atoms with Gasteiger partial charge in [0.15, 0.2) is 0 Å². The first-order valence-corrected chi connectivity index (χ1v) is 6.82. The van der Waals surface area contributed by atoms with E-state index in [9.17, 15) is 13.2 Å². The number of alkyl halides is 3. The molecule has 0 aliphatic rings. The fourth-order valence-electron chi connectivity index (χ4n) is 1.70. The minimum atomic E-state index is -4.24. The molecule has 2 aromatic rings. The van der Waals surface area contributed by atoms with Crippen LogP contribution in [0.15, 0.2) is 41.6 Å². The highest BCUT2D eigenvalue weighted by Gasteiger charge is 2.28. The number of aromatic nitrogens is 2. The molecule has 0 bridgehead atoms. The van der Waals surface area contributed by atoms with Crippen molar-refractivity contribution in [3.05, 3.63) is 47.8 Å². The summed E-state index contributed by atoms with van der Waals surface area (Å²) in [5.74, 6) is 0. The molecule has 20 heavy (non-hydrogen) atoms. The molecule has 0 spiro atoms. The van der Waals surface area contributed by atoms with Gasteiger partial charge in [0.05, 0.1) is 6.20 Å². The van der Waals surface area contributed by atoms with Crippen LogP contribution in [0.5, 0.6) is 0 Å². The molecule has 2 rings (SSSR count). The molecule has 7 heteroatoms. The molecular weight excluding hydrogens is 287 g/mol. The Labute approximate surface area is 119 Å². The van der Waals surface area contributed by atoms with Crippen LogP contribution in [0.25, 0.3) is 0 Å². The van der Waals surface area contributed by atoms with E-state index in [1.54, 1.807) is 24.5 Å². The smallest absolute Gasteiger partial charge is 0.306 e. The van der Waals surface area contributed by atoms with Crippen LogP contribution in [0.3, 0.4) is 0 Å². The van der Waals surface area contributed by atoms with Crippen LogP contribution in [0.1, 0.15) is 24.1 Å². The van der Waals surface area contributed by atoms with E-state index >= 15 is 0 Å². The summed E-state index contributed by atoms with van der Waals surface area (Å²) in [7, 11) is 0. The van der Waals surface area contributed by atoms with Gasteiger partial charge in [-0.2, -0.15) is 18.3 Å². The fraction of sp³-hybridized carbons (Fsp3) is 0.308. The third kappa shape index (κ3) is 4.57. The largest absolute Gasteiger partial charge is 0.446 e. The number of thioether (sulfide) groups is 1. The lowest BCUT2D eigenvalue weighted by atomic mass is 10.1. The van der Waals surface area contributed by atoms with Crippen molar-refractivity contribution in [2.75, 3.05) is 0 Å². The monoisotopic (exact) mass is 301 g/mol. The van der Waals surface area contributed by atoms with E-state index in [4.69, 9.17) is 0 Å². The van der Waals surface area contributed by atoms with Crippen LogP contribution < -0.4 is 5.32 Å². The zero-order valence-electron chi connectivity index (χ0n) is 10.7. The third-order valence-corrected chi connectivity index (χ3v) is 3.53. The molecule has 108 valence electrons. The van der Waals surface area contributed by atoms with Crippen LogP contribution in [0.2, 0.25) is 0 Å². The van der Waals surface area contributed by atoms with E-state index in [1.807, 2.05) is 6.92 Å². The van der Waals surface area contributed by atoms with Gasteiger partial charge >= 0.3 is 5.51 Å². The first-order valence-electron chi connectivity index (χ1n) is 6.01. The molecule has 1 unspecified atom stereocenters. The first kappa shape index (κ1) is 14.9. The van der Waals surface area contributed by atoms with Crippen LogP contribution in [-0.4, -0.2) is 15.7 Å². The standard InChI is InChI=1S/C13H14F3N3S/c1-9(11-7-18-19-8-11)17-6-10-2-4-12(5-3-10)20-13(14,15)16/h2-5,7-9,17H,6H2,1H3,(H,18,19). The summed E-state index contributed by atoms with van der Waals surface area (Å²) >= 11 is -0.101. The second kappa shape index (κ2) is 6.32. The van der Waals surface area contributed by atoms with E-state index in [-0.39, 0.29) is 22.7 Å². The van der Waals surface area contributed by atoms with Crippen LogP contribution in [-0.2, 0) is 6.54 Å². The lowest BCUT2D eigenvalue weighted by Gasteiger charge is -2.12. The number of hydrogen-bond acceptors (Lipinski definition) is 3. The summed E-state index contributed by atoms with van der Waals surface area (Å²) in [6.45, 7) is 2.59. The van der Waals surface area contributed by atoms with Gasteiger partial charge in [-0.1, -0.05) is 12.1 Å². The molecular formula is C13H14F3N3S. The SMILES string of the molecule is CC(NCc1ccc(SC(F)(F)F)cc1)c1cn[nH]c1. The van der Waals surface area contributed by atoms with Crippen molar-refractivity contribution in [3.8, 4) is 0 Å². The van der Waals surface area contributed by atoms with Crippen molar-refractivity contribution < 1.29 is 13.2 Å². The number of nitrogens with zero attached hydrogens (tertiary/aromatic N) is 1. The minimum Gasteiger partial charge on any atom is -0.306 e. The van der Waals surface area contributed by atoms with Crippen molar-refractivity contribution in [2.24, 2.45) is 0 Å². The molecule has 2 N–H and O–H groups in total. The lowest BCUT2D eigenvalue weighted by Crippen LogP contribution is -2.17. The number of rotatable bonds is 5. The topological polar surface area (TPSA) is 40.7 Å². The van der Waals surface area contributed by atoms with Crippen LogP contribution >= 0.6 is 11.8 Å². The summed E-state index contributed by atoms with van der Waals surface area (Å²) in [5, 5.41) is 9.89. The van der Waals surface area contributed by atoms with Gasteiger partial charge in [0.25, 0.3) is 0 Å². The molecule has 0 aliphatic carbocycles. The van der Waals surface area contributed by atoms with Gasteiger partial charge in [-0.3, -0.25) is 5.10 Å². The predicted octanol–water partition coefficient (Wildman–Crippen LogP) is 3.87. The molecule has 3 nitrogen and oxygen atoms in total. The minimum absolute atomic E-state index is 0.101. The quantitative estimate of drug-likeness (QED) is 0.824. The number of aromatic amines is 1. The van der Waals surface area contributed by atoms with Crippen molar-refractivity contribution in [2.45, 2.75) is 29.9 Å². The van der Waals surface area contributed by atoms with Gasteiger partial charge < -0.3 is 5.32 Å². The Morgan fingerprint density at radius 1 is 1.30 bits per heavy atom. The van der Waals surface area contributed by atoms with Gasteiger partial charge in [0.1, 0.15) is 0 Å². The van der Waals surface area contributed by atoms with Crippen LogP contribution in [0.4, 0.5) is 13.2 Å². The molecule has 0 aliphatic heterocycles. The molecule has 0 saturated heterocycles. The van der Waals surface area contributed by atoms with Crippen molar-refractivity contribution in [1.29, 1.82) is 0 Å². The fourth-order valence-corrected chi connectivity index (χ4v) is 2.23. The zero-order chi connectivity index (χ0) is 14.6. The normalized spacial score (nSPS) is 13.4. The highest BCUT2D eigenvalue weighted by molar-refractivity contribution is 8.00. The number of hydrogen-bond donors (Lipinski definition) is 2. The van der Waals surface area contributed by atoms with Crippen molar-refractivity contribution in [3.63, 3.8) is 0 Å². The summed E-state index contributed by atoms with van der Waals surface area (Å²) < 4.78 is 36.6. The average molecular weight is 301 g/mol. The third-order valence-electron chi connectivity index (χ3n) is 2.79. The average Bonchev–Trinajstić information content (AvgIpc) is 2.89. The van der Waals surface area contributed by atoms with Crippen LogP contribution in [0, 0.1) is 0 Å². The Bertz CT molecular complexity index is 523. The Morgan fingerprint density at radius 3 is 2.55 bits per heavy atom. The van der Waals surface area contributed by atoms with E-state index in [2.05, 4.69) is 15.5 Å². The Morgan fingerprint density at radius 2 is 2.00 bits per heavy atom. The Hall–Kier alpha value is -1.47. The number of benzene rings is 1. The summed E-state index contributed by atoms with van der Waals surface area (Å²) in [4.78, 5) is 0.198. The summed E-state index contributed by atoms with van der Waals surface area (Å²) in [6.07, 6.45) is 3.54. The molecule has 0 amide bonds. The second-order valence-electron chi connectivity index (χ2n) is 4.33. The lowest BCUT2D eigenvalue weighted by molar-refractivity contribution is -0.0328. The van der Waals surface area contributed by atoms with Crippen molar-refractivity contribution >= 4 is 11.8 Å². The second-order valence-corrected chi connectivity index (χ2v) is 5.46. The molecule has 0 radical (unpaired) electrons. The van der Waals surface area contributed by atoms with E-state index in [1.165, 1.54) is 12.1 Å². The highest BCUT2D eigenvalue weighted by Crippen LogP contribution is 2.36. The molecule has 1 atom stereocenters. The maximum atomic E-state index is 12.2. The first-order chi connectivity index (χ1) is 9.44. The molecule has 1 aromatic carbocycles. The molecule has 0 saturated carbocycles. The van der Waals surface area contributed by atoms with Gasteiger partial charge in [-0.25, -0.2) is 0 Å². The van der Waals surface area contributed by atoms with E-state index in [0.29, 0.717) is 6.54 Å². The van der Waals surface area contributed by atoms with Gasteiger partial charge in [0, 0.05) is 29.2 Å². The summed E-state index contributed by atoms with van der Waals surface area (Å²) in [5.41, 5.74) is -2.27. The molecule has 0 fully saturated rings. The van der Waals surface area contributed by atoms with Crippen molar-refractivity contribution in [1.82, 2.24) is 15.5 Å². The number of H-pyrrole nitrogens is 1. The number of halogens is 3. The maximum absolute atomic E-state index is 12.2. The Kier molecular flexibility index (Phi) is 4.72. The zero-order valence-corrected chi connectivity index (χ0v) is 11.6. The molecule has 1 aromatic heterocycles. The van der Waals surface area contributed by atoms with E-state index in [0.717, 1.165) is 11.1 Å². The van der Waals surface area contributed by atoms with Gasteiger partial charge in [0.2, 0.25) is 0 Å². The predicted molar refractivity (Wildman–Crippen MR) is 72.2 cm³/mol. The Balaban J connectivity index is 1.88. The molecule has 1 heterocycles. The van der Waals surface area contributed by atoms with Gasteiger partial charge in [-0.05, 0) is 36.4 Å².